The van der Waals surface area contributed by atoms with Gasteiger partial charge in [-0.15, -0.1) is 22.9 Å². The maximum absolute atomic E-state index is 6.00. The predicted octanol–water partition coefficient (Wildman–Crippen LogP) is 4.30. The average molecular weight is 247 g/mol. The van der Waals surface area contributed by atoms with Gasteiger partial charge in [-0.25, -0.2) is 0 Å². The Morgan fingerprint density at radius 1 is 1.43 bits per heavy atom. The SMILES string of the molecule is COc1c(Cl)ccc2cc(CCl)sc12. The van der Waals surface area contributed by atoms with Gasteiger partial charge in [0, 0.05) is 4.88 Å². The number of halogens is 2. The van der Waals surface area contributed by atoms with Crippen LogP contribution < -0.4 is 4.74 Å². The third-order valence-corrected chi connectivity index (χ3v) is 3.87. The molecule has 0 bridgehead atoms. The number of rotatable bonds is 2. The smallest absolute Gasteiger partial charge is 0.155 e. The van der Waals surface area contributed by atoms with Crippen molar-refractivity contribution in [2.45, 2.75) is 5.88 Å². The van der Waals surface area contributed by atoms with Crippen LogP contribution in [0.4, 0.5) is 0 Å². The second-order valence-electron chi connectivity index (χ2n) is 2.85. The number of benzene rings is 1. The Labute approximate surface area is 96.2 Å². The van der Waals surface area contributed by atoms with Crippen LogP contribution in [0.15, 0.2) is 18.2 Å². The molecule has 0 amide bonds. The van der Waals surface area contributed by atoms with E-state index in [1.165, 1.54) is 0 Å². The lowest BCUT2D eigenvalue weighted by molar-refractivity contribution is 0.420. The van der Waals surface area contributed by atoms with E-state index in [0.29, 0.717) is 10.9 Å². The summed E-state index contributed by atoms with van der Waals surface area (Å²) in [5.41, 5.74) is 0. The highest BCUT2D eigenvalue weighted by Gasteiger charge is 2.09. The molecule has 1 aromatic heterocycles. The molecule has 0 radical (unpaired) electrons. The maximum Gasteiger partial charge on any atom is 0.155 e. The summed E-state index contributed by atoms with van der Waals surface area (Å²) in [5.74, 6) is 1.27. The molecule has 74 valence electrons. The highest BCUT2D eigenvalue weighted by Crippen LogP contribution is 2.38. The van der Waals surface area contributed by atoms with Crippen molar-refractivity contribution in [1.82, 2.24) is 0 Å². The van der Waals surface area contributed by atoms with E-state index in [2.05, 4.69) is 6.07 Å². The Morgan fingerprint density at radius 3 is 2.86 bits per heavy atom. The molecule has 0 N–H and O–H groups in total. The molecule has 1 aromatic carbocycles. The number of thiophene rings is 1. The molecule has 0 unspecified atom stereocenters. The number of hydrogen-bond donors (Lipinski definition) is 0. The van der Waals surface area contributed by atoms with Crippen molar-refractivity contribution in [1.29, 1.82) is 0 Å². The van der Waals surface area contributed by atoms with Crippen molar-refractivity contribution in [2.24, 2.45) is 0 Å². The van der Waals surface area contributed by atoms with E-state index in [9.17, 15) is 0 Å². The number of fused-ring (bicyclic) bond motifs is 1. The Morgan fingerprint density at radius 2 is 2.21 bits per heavy atom. The molecule has 1 nitrogen and oxygen atoms in total. The van der Waals surface area contributed by atoms with Crippen molar-refractivity contribution in [3.05, 3.63) is 28.1 Å². The lowest BCUT2D eigenvalue weighted by Crippen LogP contribution is -1.83. The van der Waals surface area contributed by atoms with Crippen LogP contribution in [0.25, 0.3) is 10.1 Å². The standard InChI is InChI=1S/C10H8Cl2OS/c1-13-9-8(12)3-2-6-4-7(5-11)14-10(6)9/h2-4H,5H2,1H3. The molecule has 1 heterocycles. The molecule has 0 aliphatic rings. The summed E-state index contributed by atoms with van der Waals surface area (Å²) in [6.07, 6.45) is 0. The summed E-state index contributed by atoms with van der Waals surface area (Å²) in [6, 6.07) is 5.88. The van der Waals surface area contributed by atoms with E-state index >= 15 is 0 Å². The van der Waals surface area contributed by atoms with Crippen molar-refractivity contribution in [2.75, 3.05) is 7.11 Å². The van der Waals surface area contributed by atoms with Crippen molar-refractivity contribution < 1.29 is 4.74 Å². The van der Waals surface area contributed by atoms with Gasteiger partial charge >= 0.3 is 0 Å². The zero-order valence-corrected chi connectivity index (χ0v) is 9.84. The fraction of sp³-hybridized carbons (Fsp3) is 0.200. The minimum Gasteiger partial charge on any atom is -0.494 e. The zero-order chi connectivity index (χ0) is 10.1. The molecule has 0 atom stereocenters. The lowest BCUT2D eigenvalue weighted by atomic mass is 10.2. The largest absolute Gasteiger partial charge is 0.494 e. The van der Waals surface area contributed by atoms with E-state index in [4.69, 9.17) is 27.9 Å². The van der Waals surface area contributed by atoms with E-state index in [1.807, 2.05) is 12.1 Å². The monoisotopic (exact) mass is 246 g/mol. The number of methoxy groups -OCH3 is 1. The Bertz CT molecular complexity index is 464. The minimum atomic E-state index is 0.528. The van der Waals surface area contributed by atoms with Crippen LogP contribution in [0.1, 0.15) is 4.88 Å². The Kier molecular flexibility index (Phi) is 2.86. The van der Waals surface area contributed by atoms with Gasteiger partial charge in [0.25, 0.3) is 0 Å². The van der Waals surface area contributed by atoms with Crippen LogP contribution in [0.2, 0.25) is 5.02 Å². The van der Waals surface area contributed by atoms with Crippen molar-refractivity contribution in [3.8, 4) is 5.75 Å². The quantitative estimate of drug-likeness (QED) is 0.719. The number of hydrogen-bond acceptors (Lipinski definition) is 2. The summed E-state index contributed by atoms with van der Waals surface area (Å²) < 4.78 is 6.32. The van der Waals surface area contributed by atoms with E-state index in [-0.39, 0.29) is 0 Å². The summed E-state index contributed by atoms with van der Waals surface area (Å²) in [6.45, 7) is 0. The van der Waals surface area contributed by atoms with Crippen LogP contribution in [-0.4, -0.2) is 7.11 Å². The van der Waals surface area contributed by atoms with Gasteiger partial charge in [0.15, 0.2) is 5.75 Å². The normalized spacial score (nSPS) is 10.8. The summed E-state index contributed by atoms with van der Waals surface area (Å²) in [7, 11) is 1.63. The van der Waals surface area contributed by atoms with Gasteiger partial charge in [-0.2, -0.15) is 0 Å². The van der Waals surface area contributed by atoms with Gasteiger partial charge in [-0.05, 0) is 17.5 Å². The summed E-state index contributed by atoms with van der Waals surface area (Å²) >= 11 is 13.4. The van der Waals surface area contributed by atoms with Crippen LogP contribution in [-0.2, 0) is 5.88 Å². The van der Waals surface area contributed by atoms with Gasteiger partial charge in [0.2, 0.25) is 0 Å². The number of alkyl halides is 1. The first kappa shape index (κ1) is 10.1. The van der Waals surface area contributed by atoms with E-state index in [1.54, 1.807) is 18.4 Å². The van der Waals surface area contributed by atoms with Gasteiger partial charge in [-0.1, -0.05) is 17.7 Å². The zero-order valence-electron chi connectivity index (χ0n) is 7.51. The summed E-state index contributed by atoms with van der Waals surface area (Å²) in [5, 5.41) is 1.77. The van der Waals surface area contributed by atoms with E-state index in [0.717, 1.165) is 20.7 Å². The third kappa shape index (κ3) is 1.58. The third-order valence-electron chi connectivity index (χ3n) is 1.98. The van der Waals surface area contributed by atoms with Crippen LogP contribution in [0.5, 0.6) is 5.75 Å². The molecule has 0 aliphatic heterocycles. The van der Waals surface area contributed by atoms with Crippen LogP contribution >= 0.6 is 34.5 Å². The highest BCUT2D eigenvalue weighted by molar-refractivity contribution is 7.19. The second kappa shape index (κ2) is 3.97. The molecule has 2 rings (SSSR count). The fourth-order valence-corrected chi connectivity index (χ4v) is 2.93. The van der Waals surface area contributed by atoms with Crippen molar-refractivity contribution in [3.63, 3.8) is 0 Å². The Hall–Kier alpha value is -0.440. The minimum absolute atomic E-state index is 0.528. The Balaban J connectivity index is 2.73. The van der Waals surface area contributed by atoms with Gasteiger partial charge in [0.05, 0.1) is 22.7 Å². The topological polar surface area (TPSA) is 9.23 Å². The molecule has 14 heavy (non-hydrogen) atoms. The maximum atomic E-state index is 6.00. The highest BCUT2D eigenvalue weighted by atomic mass is 35.5. The molecule has 0 fully saturated rings. The molecular formula is C10H8Cl2OS. The fourth-order valence-electron chi connectivity index (χ4n) is 1.36. The van der Waals surface area contributed by atoms with Gasteiger partial charge in [-0.3, -0.25) is 0 Å². The number of ether oxygens (including phenoxy) is 1. The van der Waals surface area contributed by atoms with Crippen LogP contribution in [0, 0.1) is 0 Å². The van der Waals surface area contributed by atoms with Gasteiger partial charge in [0.1, 0.15) is 0 Å². The lowest BCUT2D eigenvalue weighted by Gasteiger charge is -2.02. The molecule has 0 saturated carbocycles. The second-order valence-corrected chi connectivity index (χ2v) is 4.66. The average Bonchev–Trinajstić information content (AvgIpc) is 2.60. The first-order chi connectivity index (χ1) is 6.76. The van der Waals surface area contributed by atoms with E-state index < -0.39 is 0 Å². The predicted molar refractivity (Wildman–Crippen MR) is 62.9 cm³/mol. The molecular weight excluding hydrogens is 239 g/mol. The first-order valence-electron chi connectivity index (χ1n) is 4.07. The molecule has 0 saturated heterocycles. The van der Waals surface area contributed by atoms with Crippen LogP contribution in [0.3, 0.4) is 0 Å². The summed E-state index contributed by atoms with van der Waals surface area (Å²) in [4.78, 5) is 1.13. The molecule has 4 heteroatoms. The first-order valence-corrected chi connectivity index (χ1v) is 5.80. The molecule has 0 spiro atoms. The van der Waals surface area contributed by atoms with Gasteiger partial charge < -0.3 is 4.74 Å². The van der Waals surface area contributed by atoms with Crippen molar-refractivity contribution >= 4 is 44.6 Å². The molecule has 0 aliphatic carbocycles. The molecule has 2 aromatic rings.